The zero-order valence-electron chi connectivity index (χ0n) is 12.0. The van der Waals surface area contributed by atoms with Crippen LogP contribution in [0.3, 0.4) is 0 Å². The van der Waals surface area contributed by atoms with Gasteiger partial charge in [-0.2, -0.15) is 0 Å². The highest BCUT2D eigenvalue weighted by atomic mass is 16.1. The van der Waals surface area contributed by atoms with Gasteiger partial charge in [0.15, 0.2) is 5.78 Å². The van der Waals surface area contributed by atoms with E-state index in [1.807, 2.05) is 36.4 Å². The minimum atomic E-state index is -0.0855. The van der Waals surface area contributed by atoms with Crippen LogP contribution in [0.25, 0.3) is 11.0 Å². The second kappa shape index (κ2) is 5.05. The molecule has 3 aromatic rings. The van der Waals surface area contributed by atoms with Crippen molar-refractivity contribution in [2.45, 2.75) is 6.42 Å². The molecule has 0 spiro atoms. The van der Waals surface area contributed by atoms with E-state index in [1.165, 1.54) is 0 Å². The van der Waals surface area contributed by atoms with Gasteiger partial charge in [-0.25, -0.2) is 4.79 Å². The Kier molecular flexibility index (Phi) is 3.22. The highest BCUT2D eigenvalue weighted by molar-refractivity contribution is 6.00. The summed E-state index contributed by atoms with van der Waals surface area (Å²) in [5.41, 5.74) is 3.15. The summed E-state index contributed by atoms with van der Waals surface area (Å²) in [4.78, 5) is 24.3. The summed E-state index contributed by atoms with van der Waals surface area (Å²) in [6, 6.07) is 15.1. The molecule has 0 aliphatic rings. The van der Waals surface area contributed by atoms with Crippen molar-refractivity contribution in [1.82, 2.24) is 9.13 Å². The Morgan fingerprint density at radius 1 is 0.952 bits per heavy atom. The number of hydrogen-bond donors (Lipinski definition) is 0. The van der Waals surface area contributed by atoms with E-state index >= 15 is 0 Å². The Morgan fingerprint density at radius 2 is 1.62 bits per heavy atom. The van der Waals surface area contributed by atoms with Gasteiger partial charge in [0.2, 0.25) is 0 Å². The maximum atomic E-state index is 12.4. The van der Waals surface area contributed by atoms with Crippen LogP contribution in [0.1, 0.15) is 15.9 Å². The van der Waals surface area contributed by atoms with Gasteiger partial charge in [0.05, 0.1) is 11.0 Å². The van der Waals surface area contributed by atoms with Crippen molar-refractivity contribution in [2.24, 2.45) is 14.1 Å². The number of benzene rings is 2. The van der Waals surface area contributed by atoms with Crippen LogP contribution in [-0.4, -0.2) is 14.9 Å². The zero-order valence-corrected chi connectivity index (χ0v) is 12.0. The van der Waals surface area contributed by atoms with Crippen molar-refractivity contribution in [3.63, 3.8) is 0 Å². The first kappa shape index (κ1) is 13.4. The van der Waals surface area contributed by atoms with Gasteiger partial charge in [0.25, 0.3) is 0 Å². The van der Waals surface area contributed by atoms with E-state index in [9.17, 15) is 9.59 Å². The number of rotatable bonds is 3. The summed E-state index contributed by atoms with van der Waals surface area (Å²) in [5.74, 6) is 0.0550. The molecule has 0 aliphatic heterocycles. The lowest BCUT2D eigenvalue weighted by Gasteiger charge is -2.03. The van der Waals surface area contributed by atoms with Gasteiger partial charge in [0, 0.05) is 26.1 Å². The fraction of sp³-hybridized carbons (Fsp3) is 0.176. The highest BCUT2D eigenvalue weighted by Crippen LogP contribution is 2.16. The Labute approximate surface area is 122 Å². The molecule has 0 aliphatic carbocycles. The largest absolute Gasteiger partial charge is 0.328 e. The zero-order chi connectivity index (χ0) is 15.0. The van der Waals surface area contributed by atoms with Crippen LogP contribution in [-0.2, 0) is 20.5 Å². The molecule has 21 heavy (non-hydrogen) atoms. The second-order valence-corrected chi connectivity index (χ2v) is 5.19. The summed E-state index contributed by atoms with van der Waals surface area (Å²) in [6.07, 6.45) is 0.368. The number of fused-ring (bicyclic) bond motifs is 1. The number of hydrogen-bond acceptors (Lipinski definition) is 2. The van der Waals surface area contributed by atoms with E-state index in [0.29, 0.717) is 12.0 Å². The third-order valence-corrected chi connectivity index (χ3v) is 3.80. The summed E-state index contributed by atoms with van der Waals surface area (Å²) in [5, 5.41) is 0. The van der Waals surface area contributed by atoms with E-state index in [-0.39, 0.29) is 11.5 Å². The molecular weight excluding hydrogens is 264 g/mol. The molecule has 0 radical (unpaired) electrons. The molecule has 4 heteroatoms. The first-order valence-corrected chi connectivity index (χ1v) is 6.80. The fourth-order valence-electron chi connectivity index (χ4n) is 2.56. The second-order valence-electron chi connectivity index (χ2n) is 5.19. The average molecular weight is 280 g/mol. The smallest absolute Gasteiger partial charge is 0.295 e. The SMILES string of the molecule is Cn1c(=O)n(C)c2cc(C(=O)Cc3ccccc3)ccc21. The van der Waals surface area contributed by atoms with E-state index in [2.05, 4.69) is 0 Å². The standard InChI is InChI=1S/C17H16N2O2/c1-18-14-9-8-13(11-15(14)19(2)17(18)21)16(20)10-12-6-4-3-5-7-12/h3-9,11H,10H2,1-2H3. The molecule has 1 aromatic heterocycles. The average Bonchev–Trinajstić information content (AvgIpc) is 2.73. The topological polar surface area (TPSA) is 44.0 Å². The van der Waals surface area contributed by atoms with Crippen molar-refractivity contribution < 1.29 is 4.79 Å². The fourth-order valence-corrected chi connectivity index (χ4v) is 2.56. The van der Waals surface area contributed by atoms with E-state index in [4.69, 9.17) is 0 Å². The number of carbonyl (C=O) groups excluding carboxylic acids is 1. The Bertz CT molecular complexity index is 873. The third-order valence-electron chi connectivity index (χ3n) is 3.80. The first-order valence-electron chi connectivity index (χ1n) is 6.80. The van der Waals surface area contributed by atoms with Gasteiger partial charge in [-0.1, -0.05) is 30.3 Å². The van der Waals surface area contributed by atoms with E-state index < -0.39 is 0 Å². The van der Waals surface area contributed by atoms with Crippen LogP contribution >= 0.6 is 0 Å². The number of aromatic nitrogens is 2. The molecule has 0 fully saturated rings. The minimum absolute atomic E-state index is 0.0550. The number of Topliss-reactive ketones (excluding diaryl/α,β-unsaturated/α-hetero) is 1. The Hall–Kier alpha value is -2.62. The summed E-state index contributed by atoms with van der Waals surface area (Å²) in [6.45, 7) is 0. The number of aryl methyl sites for hydroxylation is 2. The van der Waals surface area contributed by atoms with Gasteiger partial charge in [0.1, 0.15) is 0 Å². The lowest BCUT2D eigenvalue weighted by molar-refractivity contribution is 0.0993. The van der Waals surface area contributed by atoms with Gasteiger partial charge < -0.3 is 0 Å². The van der Waals surface area contributed by atoms with Crippen LogP contribution in [0.5, 0.6) is 0 Å². The number of carbonyl (C=O) groups is 1. The van der Waals surface area contributed by atoms with Gasteiger partial charge >= 0.3 is 5.69 Å². The number of imidazole rings is 1. The Balaban J connectivity index is 2.00. The van der Waals surface area contributed by atoms with E-state index in [0.717, 1.165) is 16.6 Å². The van der Waals surface area contributed by atoms with E-state index in [1.54, 1.807) is 35.4 Å². The summed E-state index contributed by atoms with van der Waals surface area (Å²) < 4.78 is 3.15. The molecule has 0 saturated heterocycles. The predicted octanol–water partition coefficient (Wildman–Crippen LogP) is 2.30. The molecule has 0 amide bonds. The molecule has 2 aromatic carbocycles. The quantitative estimate of drug-likeness (QED) is 0.691. The van der Waals surface area contributed by atoms with Gasteiger partial charge in [-0.15, -0.1) is 0 Å². The summed E-state index contributed by atoms with van der Waals surface area (Å²) in [7, 11) is 3.45. The van der Waals surface area contributed by atoms with Crippen LogP contribution in [0.4, 0.5) is 0 Å². The van der Waals surface area contributed by atoms with Gasteiger partial charge in [-0.05, 0) is 23.8 Å². The molecule has 0 atom stereocenters. The molecular formula is C17H16N2O2. The summed E-state index contributed by atoms with van der Waals surface area (Å²) >= 11 is 0. The van der Waals surface area contributed by atoms with Crippen LogP contribution < -0.4 is 5.69 Å². The molecule has 0 unspecified atom stereocenters. The van der Waals surface area contributed by atoms with Crippen molar-refractivity contribution >= 4 is 16.8 Å². The predicted molar refractivity (Wildman–Crippen MR) is 82.6 cm³/mol. The highest BCUT2D eigenvalue weighted by Gasteiger charge is 2.12. The molecule has 0 N–H and O–H groups in total. The first-order chi connectivity index (χ1) is 10.1. The third kappa shape index (κ3) is 2.29. The maximum Gasteiger partial charge on any atom is 0.328 e. The van der Waals surface area contributed by atoms with Crippen LogP contribution in [0, 0.1) is 0 Å². The Morgan fingerprint density at radius 3 is 2.33 bits per heavy atom. The van der Waals surface area contributed by atoms with Crippen molar-refractivity contribution in [3.05, 3.63) is 70.1 Å². The monoisotopic (exact) mass is 280 g/mol. The number of ketones is 1. The molecule has 0 saturated carbocycles. The normalized spacial score (nSPS) is 11.0. The molecule has 4 nitrogen and oxygen atoms in total. The van der Waals surface area contributed by atoms with Crippen LogP contribution in [0.15, 0.2) is 53.3 Å². The lowest BCUT2D eigenvalue weighted by atomic mass is 10.0. The van der Waals surface area contributed by atoms with Crippen LogP contribution in [0.2, 0.25) is 0 Å². The van der Waals surface area contributed by atoms with Crippen molar-refractivity contribution in [3.8, 4) is 0 Å². The molecule has 3 rings (SSSR count). The molecule has 0 bridgehead atoms. The minimum Gasteiger partial charge on any atom is -0.295 e. The lowest BCUT2D eigenvalue weighted by Crippen LogP contribution is -2.19. The number of nitrogens with zero attached hydrogens (tertiary/aromatic N) is 2. The maximum absolute atomic E-state index is 12.4. The van der Waals surface area contributed by atoms with Crippen molar-refractivity contribution in [1.29, 1.82) is 0 Å². The molecule has 1 heterocycles. The van der Waals surface area contributed by atoms with Crippen molar-refractivity contribution in [2.75, 3.05) is 0 Å². The molecule has 106 valence electrons. The van der Waals surface area contributed by atoms with Gasteiger partial charge in [-0.3, -0.25) is 13.9 Å².